The Morgan fingerprint density at radius 3 is 1.04 bits per heavy atom. The molecule has 0 saturated carbocycles. The summed E-state index contributed by atoms with van der Waals surface area (Å²) in [6.07, 6.45) is 81.4. The molecule has 0 radical (unpaired) electrons. The number of nitrogens with zero attached hydrogens (tertiary/aromatic N) is 1. The van der Waals surface area contributed by atoms with Crippen molar-refractivity contribution in [3.05, 3.63) is 36.5 Å². The number of allylic oxidation sites excluding steroid dienone is 5. The summed E-state index contributed by atoms with van der Waals surface area (Å²) in [7, 11) is 1.59. The summed E-state index contributed by atoms with van der Waals surface area (Å²) in [4.78, 5) is 23.4. The molecule has 0 aromatic carbocycles. The van der Waals surface area contributed by atoms with Gasteiger partial charge in [0.05, 0.1) is 39.9 Å². The van der Waals surface area contributed by atoms with Crippen LogP contribution in [0.5, 0.6) is 0 Å². The van der Waals surface area contributed by atoms with Crippen molar-refractivity contribution in [2.45, 2.75) is 366 Å². The summed E-state index contributed by atoms with van der Waals surface area (Å²) < 4.78 is 23.8. The van der Waals surface area contributed by atoms with Crippen molar-refractivity contribution in [3.63, 3.8) is 0 Å². The molecule has 3 atom stereocenters. The Kier molecular flexibility index (Phi) is 60.3. The highest BCUT2D eigenvalue weighted by molar-refractivity contribution is 7.47. The lowest BCUT2D eigenvalue weighted by atomic mass is 10.0. The summed E-state index contributed by atoms with van der Waals surface area (Å²) in [6, 6.07) is -0.847. The van der Waals surface area contributed by atoms with Crippen molar-refractivity contribution in [3.8, 4) is 0 Å². The first-order valence-corrected chi connectivity index (χ1v) is 36.4. The number of amides is 1. The first kappa shape index (κ1) is 77.7. The number of nitrogens with one attached hydrogen (secondary N) is 1. The molecular weight excluding hydrogens is 996 g/mol. The number of quaternary nitrogens is 1. The maximum absolute atomic E-state index is 13.1. The molecule has 9 heteroatoms. The van der Waals surface area contributed by atoms with E-state index >= 15 is 0 Å². The highest BCUT2D eigenvalue weighted by Gasteiger charge is 2.28. The number of phosphoric ester groups is 1. The number of rotatable bonds is 65. The van der Waals surface area contributed by atoms with Crippen LogP contribution in [0.4, 0.5) is 0 Å². The molecule has 0 aromatic heterocycles. The first-order chi connectivity index (χ1) is 38.5. The summed E-state index contributed by atoms with van der Waals surface area (Å²) >= 11 is 0. The Labute approximate surface area is 493 Å². The third kappa shape index (κ3) is 64.1. The molecule has 0 aliphatic heterocycles. The number of carbonyl (C=O) groups excluding carboxylic acids is 1. The third-order valence-corrected chi connectivity index (χ3v) is 17.1. The van der Waals surface area contributed by atoms with Gasteiger partial charge in [0.25, 0.3) is 0 Å². The number of aliphatic hydroxyl groups excluding tert-OH is 1. The van der Waals surface area contributed by atoms with Gasteiger partial charge in [0.1, 0.15) is 13.2 Å². The highest BCUT2D eigenvalue weighted by Crippen LogP contribution is 2.43. The SMILES string of the molecule is CCCCCCC/C=C\C/C=C\CCCCCCCCCCCCCCCCCCCC(=O)NC(COP(=O)(O)OCC[N+](C)(C)C)C(O)/C=C/CCCCCCCCCCCCCCCCCCCCCCCCCCCC. The highest BCUT2D eigenvalue weighted by atomic mass is 31.2. The van der Waals surface area contributed by atoms with Crippen LogP contribution < -0.4 is 5.32 Å². The first-order valence-electron chi connectivity index (χ1n) is 34.9. The molecule has 0 saturated heterocycles. The van der Waals surface area contributed by atoms with Crippen molar-refractivity contribution in [1.82, 2.24) is 5.32 Å². The van der Waals surface area contributed by atoms with Crippen LogP contribution >= 0.6 is 7.82 Å². The molecule has 3 N–H and O–H groups in total. The molecule has 8 nitrogen and oxygen atoms in total. The molecule has 3 unspecified atom stereocenters. The predicted molar refractivity (Wildman–Crippen MR) is 346 cm³/mol. The molecule has 1 amide bonds. The fraction of sp³-hybridized carbons (Fsp3) is 0.900. The summed E-state index contributed by atoms with van der Waals surface area (Å²) in [5.74, 6) is -0.170. The van der Waals surface area contributed by atoms with E-state index in [0.717, 1.165) is 38.5 Å². The molecule has 0 fully saturated rings. The quantitative estimate of drug-likeness (QED) is 0.0243. The normalized spacial score (nSPS) is 13.9. The van der Waals surface area contributed by atoms with E-state index in [1.54, 1.807) is 6.08 Å². The topological polar surface area (TPSA) is 105 Å². The Bertz CT molecular complexity index is 1380. The summed E-state index contributed by atoms with van der Waals surface area (Å²) in [5, 5.41) is 14.0. The van der Waals surface area contributed by atoms with Crippen LogP contribution in [0.3, 0.4) is 0 Å². The summed E-state index contributed by atoms with van der Waals surface area (Å²) in [5.41, 5.74) is 0. The van der Waals surface area contributed by atoms with Gasteiger partial charge in [0, 0.05) is 6.42 Å². The van der Waals surface area contributed by atoms with E-state index < -0.39 is 20.0 Å². The van der Waals surface area contributed by atoms with Crippen molar-refractivity contribution in [1.29, 1.82) is 0 Å². The van der Waals surface area contributed by atoms with E-state index in [1.807, 2.05) is 27.2 Å². The number of unbranched alkanes of at least 4 members (excludes halogenated alkanes) is 48. The Hall–Kier alpha value is -1.28. The van der Waals surface area contributed by atoms with Gasteiger partial charge in [0.2, 0.25) is 5.91 Å². The van der Waals surface area contributed by atoms with Crippen molar-refractivity contribution in [2.75, 3.05) is 40.9 Å². The molecule has 0 aliphatic carbocycles. The molecule has 0 bridgehead atoms. The molecule has 0 heterocycles. The lowest BCUT2D eigenvalue weighted by Crippen LogP contribution is -2.45. The second-order valence-electron chi connectivity index (χ2n) is 25.3. The Balaban J connectivity index is 4.06. The summed E-state index contributed by atoms with van der Waals surface area (Å²) in [6.45, 7) is 4.86. The zero-order valence-electron chi connectivity index (χ0n) is 53.6. The van der Waals surface area contributed by atoms with Crippen LogP contribution in [0.1, 0.15) is 354 Å². The van der Waals surface area contributed by atoms with E-state index in [-0.39, 0.29) is 19.1 Å². The molecule has 0 spiro atoms. The third-order valence-electron chi connectivity index (χ3n) is 16.1. The zero-order valence-corrected chi connectivity index (χ0v) is 54.5. The number of hydrogen-bond acceptors (Lipinski definition) is 5. The van der Waals surface area contributed by atoms with Gasteiger partial charge in [-0.2, -0.15) is 0 Å². The molecule has 0 rings (SSSR count). The Morgan fingerprint density at radius 2 is 0.722 bits per heavy atom. The van der Waals surface area contributed by atoms with Gasteiger partial charge in [-0.15, -0.1) is 0 Å². The lowest BCUT2D eigenvalue weighted by Gasteiger charge is -2.25. The number of hydrogen-bond donors (Lipinski definition) is 3. The van der Waals surface area contributed by atoms with E-state index in [2.05, 4.69) is 43.5 Å². The standard InChI is InChI=1S/C70H137N2O6P/c1-6-8-10-12-14-16-18-20-22-24-26-28-30-32-34-36-38-40-42-44-46-48-50-52-54-56-58-60-62-64-70(74)71-68(67-78-79(75,76)77-66-65-72(3,4)5)69(73)63-61-59-57-55-53-51-49-47-45-43-41-39-37-35-33-31-29-27-25-23-21-19-17-15-13-11-9-7-2/h18,20,24,26,61,63,68-69,73H,6-17,19,21-23,25,27-60,62,64-67H2,1-5H3,(H-,71,74,75,76)/p+1/b20-18-,26-24-,63-61+. The average molecular weight is 1130 g/mol. The largest absolute Gasteiger partial charge is 0.472 e. The predicted octanol–water partition coefficient (Wildman–Crippen LogP) is 22.1. The van der Waals surface area contributed by atoms with Gasteiger partial charge in [0.15, 0.2) is 0 Å². The molecule has 79 heavy (non-hydrogen) atoms. The van der Waals surface area contributed by atoms with Crippen molar-refractivity contribution >= 4 is 13.7 Å². The second kappa shape index (κ2) is 61.3. The van der Waals surface area contributed by atoms with E-state index in [9.17, 15) is 19.4 Å². The van der Waals surface area contributed by atoms with Gasteiger partial charge in [-0.05, 0) is 51.4 Å². The number of aliphatic hydroxyl groups is 1. The zero-order chi connectivity index (χ0) is 57.7. The van der Waals surface area contributed by atoms with Crippen LogP contribution in [0.25, 0.3) is 0 Å². The average Bonchev–Trinajstić information content (AvgIpc) is 3.42. The minimum absolute atomic E-state index is 0.0633. The number of carbonyl (C=O) groups is 1. The van der Waals surface area contributed by atoms with Gasteiger partial charge >= 0.3 is 7.82 Å². The molecule has 0 aliphatic rings. The van der Waals surface area contributed by atoms with Crippen LogP contribution in [-0.2, 0) is 18.4 Å². The molecular formula is C70H138N2O6P+. The van der Waals surface area contributed by atoms with Crippen LogP contribution in [0.2, 0.25) is 0 Å². The Morgan fingerprint density at radius 1 is 0.430 bits per heavy atom. The number of phosphoric acid groups is 1. The van der Waals surface area contributed by atoms with Gasteiger partial charge in [-0.1, -0.05) is 333 Å². The number of likely N-dealkylation sites (N-methyl/N-ethyl adjacent to an activating group) is 1. The van der Waals surface area contributed by atoms with Crippen molar-refractivity contribution in [2.24, 2.45) is 0 Å². The van der Waals surface area contributed by atoms with Crippen LogP contribution in [0.15, 0.2) is 36.5 Å². The van der Waals surface area contributed by atoms with E-state index in [0.29, 0.717) is 17.4 Å². The van der Waals surface area contributed by atoms with E-state index in [4.69, 9.17) is 9.05 Å². The van der Waals surface area contributed by atoms with Gasteiger partial charge in [-0.3, -0.25) is 13.8 Å². The molecule has 0 aromatic rings. The molecule has 468 valence electrons. The minimum atomic E-state index is -4.35. The van der Waals surface area contributed by atoms with Crippen molar-refractivity contribution < 1.29 is 32.9 Å². The fourth-order valence-corrected chi connectivity index (χ4v) is 11.4. The maximum atomic E-state index is 13.1. The van der Waals surface area contributed by atoms with Gasteiger partial charge < -0.3 is 19.8 Å². The van der Waals surface area contributed by atoms with Crippen LogP contribution in [0, 0.1) is 0 Å². The maximum Gasteiger partial charge on any atom is 0.472 e. The van der Waals surface area contributed by atoms with Gasteiger partial charge in [-0.25, -0.2) is 4.57 Å². The van der Waals surface area contributed by atoms with Crippen LogP contribution in [-0.4, -0.2) is 73.4 Å². The lowest BCUT2D eigenvalue weighted by molar-refractivity contribution is -0.870. The minimum Gasteiger partial charge on any atom is -0.387 e. The second-order valence-corrected chi connectivity index (χ2v) is 26.7. The fourth-order valence-electron chi connectivity index (χ4n) is 10.7. The monoisotopic (exact) mass is 1130 g/mol. The van der Waals surface area contributed by atoms with E-state index in [1.165, 1.54) is 295 Å². The smallest absolute Gasteiger partial charge is 0.387 e.